The maximum atomic E-state index is 5.99. The van der Waals surface area contributed by atoms with Crippen LogP contribution in [0.1, 0.15) is 23.7 Å². The Balaban J connectivity index is 1.94. The van der Waals surface area contributed by atoms with Gasteiger partial charge in [0.2, 0.25) is 0 Å². The summed E-state index contributed by atoms with van der Waals surface area (Å²) in [5, 5.41) is 4.55. The van der Waals surface area contributed by atoms with Gasteiger partial charge in [0.25, 0.3) is 0 Å². The van der Waals surface area contributed by atoms with Crippen LogP contribution in [0.25, 0.3) is 0 Å². The summed E-state index contributed by atoms with van der Waals surface area (Å²) >= 11 is 11.9. The third kappa shape index (κ3) is 3.93. The summed E-state index contributed by atoms with van der Waals surface area (Å²) in [5.41, 5.74) is 3.50. The fourth-order valence-electron chi connectivity index (χ4n) is 1.93. The second kappa shape index (κ2) is 6.90. The Labute approximate surface area is 123 Å². The van der Waals surface area contributed by atoms with Gasteiger partial charge in [-0.2, -0.15) is 0 Å². The minimum Gasteiger partial charge on any atom is -0.307 e. The van der Waals surface area contributed by atoms with E-state index in [1.54, 1.807) is 0 Å². The lowest BCUT2D eigenvalue weighted by atomic mass is 10.1. The summed E-state index contributed by atoms with van der Waals surface area (Å²) < 4.78 is 0. The largest absolute Gasteiger partial charge is 0.307 e. The lowest BCUT2D eigenvalue weighted by Crippen LogP contribution is -2.15. The number of halogens is 2. The van der Waals surface area contributed by atoms with E-state index < -0.39 is 0 Å². The molecule has 2 nitrogen and oxygen atoms in total. The highest BCUT2D eigenvalue weighted by molar-refractivity contribution is 6.42. The molecule has 1 aromatic carbocycles. The first-order valence-electron chi connectivity index (χ1n) is 6.28. The topological polar surface area (TPSA) is 24.9 Å². The average Bonchev–Trinajstić information content (AvgIpc) is 2.43. The van der Waals surface area contributed by atoms with Crippen LogP contribution in [0.3, 0.4) is 0 Å². The molecule has 0 spiro atoms. The zero-order valence-electron chi connectivity index (χ0n) is 10.8. The van der Waals surface area contributed by atoms with Crippen LogP contribution in [0.4, 0.5) is 0 Å². The fourth-order valence-corrected chi connectivity index (χ4v) is 2.25. The van der Waals surface area contributed by atoms with Gasteiger partial charge in [0.15, 0.2) is 0 Å². The van der Waals surface area contributed by atoms with Crippen molar-refractivity contribution in [3.8, 4) is 0 Å². The Bertz CT molecular complexity index is 556. The number of nitrogens with one attached hydrogen (secondary N) is 1. The summed E-state index contributed by atoms with van der Waals surface area (Å²) in [5.74, 6) is 0. The van der Waals surface area contributed by atoms with E-state index in [4.69, 9.17) is 23.2 Å². The molecule has 0 atom stereocenters. The van der Waals surface area contributed by atoms with Crippen LogP contribution < -0.4 is 5.32 Å². The monoisotopic (exact) mass is 294 g/mol. The van der Waals surface area contributed by atoms with Gasteiger partial charge in [-0.15, -0.1) is 0 Å². The second-order valence-electron chi connectivity index (χ2n) is 4.31. The number of rotatable bonds is 5. The molecular formula is C15H16Cl2N2. The average molecular weight is 295 g/mol. The molecule has 0 saturated carbocycles. The van der Waals surface area contributed by atoms with E-state index in [1.165, 1.54) is 5.56 Å². The van der Waals surface area contributed by atoms with Crippen LogP contribution in [0.15, 0.2) is 36.5 Å². The van der Waals surface area contributed by atoms with Gasteiger partial charge >= 0.3 is 0 Å². The Morgan fingerprint density at radius 3 is 2.68 bits per heavy atom. The van der Waals surface area contributed by atoms with Crippen molar-refractivity contribution in [3.05, 3.63) is 63.4 Å². The summed E-state index contributed by atoms with van der Waals surface area (Å²) in [4.78, 5) is 4.40. The van der Waals surface area contributed by atoms with Crippen LogP contribution in [0.5, 0.6) is 0 Å². The molecule has 1 N–H and O–H groups in total. The fraction of sp³-hybridized carbons (Fsp3) is 0.267. The molecule has 0 fully saturated rings. The third-order valence-electron chi connectivity index (χ3n) is 2.97. The first kappa shape index (κ1) is 14.3. The molecule has 0 unspecified atom stereocenters. The first-order valence-corrected chi connectivity index (χ1v) is 7.03. The van der Waals surface area contributed by atoms with Crippen molar-refractivity contribution in [1.29, 1.82) is 0 Å². The van der Waals surface area contributed by atoms with E-state index in [0.717, 1.165) is 30.8 Å². The van der Waals surface area contributed by atoms with Gasteiger partial charge in [0.1, 0.15) is 0 Å². The third-order valence-corrected chi connectivity index (χ3v) is 3.71. The Kier molecular flexibility index (Phi) is 5.20. The first-order chi connectivity index (χ1) is 9.20. The van der Waals surface area contributed by atoms with Crippen molar-refractivity contribution in [2.24, 2.45) is 0 Å². The number of pyridine rings is 1. The molecule has 0 amide bonds. The number of benzene rings is 1. The van der Waals surface area contributed by atoms with Crippen LogP contribution in [-0.4, -0.2) is 4.98 Å². The molecule has 1 heterocycles. The number of hydrogen-bond donors (Lipinski definition) is 1. The highest BCUT2D eigenvalue weighted by Crippen LogP contribution is 2.22. The Morgan fingerprint density at radius 1 is 1.11 bits per heavy atom. The predicted octanol–water partition coefficient (Wildman–Crippen LogP) is 4.24. The maximum absolute atomic E-state index is 5.99. The number of nitrogens with zero attached hydrogens (tertiary/aromatic N) is 1. The van der Waals surface area contributed by atoms with Crippen molar-refractivity contribution in [2.75, 3.05) is 0 Å². The Hall–Kier alpha value is -1.09. The predicted molar refractivity (Wildman–Crippen MR) is 80.6 cm³/mol. The number of aromatic nitrogens is 1. The molecule has 100 valence electrons. The van der Waals surface area contributed by atoms with Gasteiger partial charge in [0, 0.05) is 19.3 Å². The summed E-state index contributed by atoms with van der Waals surface area (Å²) in [6.45, 7) is 3.64. The molecule has 0 aliphatic rings. The van der Waals surface area contributed by atoms with Gasteiger partial charge in [-0.3, -0.25) is 4.98 Å². The van der Waals surface area contributed by atoms with E-state index >= 15 is 0 Å². The summed E-state index contributed by atoms with van der Waals surface area (Å²) in [7, 11) is 0. The standard InChI is InChI=1S/C15H16Cl2N2/c1-2-12-4-3-7-19-15(12)10-18-9-11-5-6-13(16)14(17)8-11/h3-8,18H,2,9-10H2,1H3. The van der Waals surface area contributed by atoms with E-state index in [-0.39, 0.29) is 0 Å². The van der Waals surface area contributed by atoms with E-state index in [2.05, 4.69) is 23.3 Å². The van der Waals surface area contributed by atoms with Crippen molar-refractivity contribution in [3.63, 3.8) is 0 Å². The molecule has 1 aromatic heterocycles. The lowest BCUT2D eigenvalue weighted by molar-refractivity contribution is 0.673. The van der Waals surface area contributed by atoms with Crippen LogP contribution in [0, 0.1) is 0 Å². The zero-order chi connectivity index (χ0) is 13.7. The summed E-state index contributed by atoms with van der Waals surface area (Å²) in [6, 6.07) is 9.76. The number of aryl methyl sites for hydroxylation is 1. The molecule has 0 aliphatic carbocycles. The SMILES string of the molecule is CCc1cccnc1CNCc1ccc(Cl)c(Cl)c1. The minimum atomic E-state index is 0.586. The molecular weight excluding hydrogens is 279 g/mol. The normalized spacial score (nSPS) is 10.7. The lowest BCUT2D eigenvalue weighted by Gasteiger charge is -2.08. The molecule has 4 heteroatoms. The van der Waals surface area contributed by atoms with E-state index in [0.29, 0.717) is 10.0 Å². The van der Waals surface area contributed by atoms with E-state index in [1.807, 2.05) is 30.5 Å². The maximum Gasteiger partial charge on any atom is 0.0595 e. The zero-order valence-corrected chi connectivity index (χ0v) is 12.3. The number of hydrogen-bond acceptors (Lipinski definition) is 2. The second-order valence-corrected chi connectivity index (χ2v) is 5.13. The highest BCUT2D eigenvalue weighted by Gasteiger charge is 2.02. The van der Waals surface area contributed by atoms with Crippen LogP contribution in [0.2, 0.25) is 10.0 Å². The van der Waals surface area contributed by atoms with E-state index in [9.17, 15) is 0 Å². The molecule has 2 aromatic rings. The molecule has 0 saturated heterocycles. The van der Waals surface area contributed by atoms with Gasteiger partial charge in [0.05, 0.1) is 15.7 Å². The smallest absolute Gasteiger partial charge is 0.0595 e. The van der Waals surface area contributed by atoms with Gasteiger partial charge < -0.3 is 5.32 Å². The summed E-state index contributed by atoms with van der Waals surface area (Å²) in [6.07, 6.45) is 2.83. The van der Waals surface area contributed by atoms with Gasteiger partial charge in [-0.1, -0.05) is 42.3 Å². The van der Waals surface area contributed by atoms with Crippen LogP contribution >= 0.6 is 23.2 Å². The van der Waals surface area contributed by atoms with Gasteiger partial charge in [-0.25, -0.2) is 0 Å². The Morgan fingerprint density at radius 2 is 1.95 bits per heavy atom. The van der Waals surface area contributed by atoms with Crippen LogP contribution in [-0.2, 0) is 19.5 Å². The van der Waals surface area contributed by atoms with Crippen molar-refractivity contribution >= 4 is 23.2 Å². The molecule has 0 aliphatic heterocycles. The highest BCUT2D eigenvalue weighted by atomic mass is 35.5. The van der Waals surface area contributed by atoms with Crippen molar-refractivity contribution in [1.82, 2.24) is 10.3 Å². The van der Waals surface area contributed by atoms with Crippen molar-refractivity contribution in [2.45, 2.75) is 26.4 Å². The quantitative estimate of drug-likeness (QED) is 0.892. The van der Waals surface area contributed by atoms with Crippen molar-refractivity contribution < 1.29 is 0 Å². The van der Waals surface area contributed by atoms with Gasteiger partial charge in [-0.05, 0) is 35.7 Å². The minimum absolute atomic E-state index is 0.586. The molecule has 0 bridgehead atoms. The molecule has 2 rings (SSSR count). The molecule has 19 heavy (non-hydrogen) atoms. The molecule has 0 radical (unpaired) electrons.